The van der Waals surface area contributed by atoms with Crippen molar-refractivity contribution in [2.24, 2.45) is 5.92 Å². The van der Waals surface area contributed by atoms with E-state index in [1.807, 2.05) is 6.92 Å². The van der Waals surface area contributed by atoms with Gasteiger partial charge < -0.3 is 9.88 Å². The fourth-order valence-corrected chi connectivity index (χ4v) is 1.80. The second kappa shape index (κ2) is 6.56. The first-order valence-electron chi connectivity index (χ1n) is 6.41. The fraction of sp³-hybridized carbons (Fsp3) is 0.769. The van der Waals surface area contributed by atoms with Gasteiger partial charge in [-0.2, -0.15) is 0 Å². The Hall–Kier alpha value is -0.990. The number of nitrogens with zero attached hydrogens (tertiary/aromatic N) is 2. The maximum absolute atomic E-state index is 4.51. The van der Waals surface area contributed by atoms with Crippen molar-refractivity contribution in [3.8, 4) is 0 Å². The molecule has 1 rings (SSSR count). The van der Waals surface area contributed by atoms with Crippen LogP contribution in [-0.4, -0.2) is 16.1 Å². The van der Waals surface area contributed by atoms with Gasteiger partial charge in [-0.3, -0.25) is 0 Å². The zero-order valence-electron chi connectivity index (χ0n) is 11.1. The van der Waals surface area contributed by atoms with Crippen molar-refractivity contribution in [2.75, 3.05) is 11.9 Å². The Morgan fingerprint density at radius 3 is 2.75 bits per heavy atom. The van der Waals surface area contributed by atoms with Crippen LogP contribution in [0.25, 0.3) is 0 Å². The first-order chi connectivity index (χ1) is 7.63. The Labute approximate surface area is 99.3 Å². The minimum atomic E-state index is 0.657. The van der Waals surface area contributed by atoms with E-state index in [1.54, 1.807) is 0 Å². The lowest BCUT2D eigenvalue weighted by molar-refractivity contribution is 0.525. The van der Waals surface area contributed by atoms with Crippen LogP contribution in [0.4, 0.5) is 5.95 Å². The minimum Gasteiger partial charge on any atom is -0.356 e. The molecule has 0 amide bonds. The monoisotopic (exact) mass is 223 g/mol. The molecule has 0 bridgehead atoms. The van der Waals surface area contributed by atoms with Crippen molar-refractivity contribution in [2.45, 2.75) is 53.5 Å². The highest BCUT2D eigenvalue weighted by atomic mass is 15.2. The van der Waals surface area contributed by atoms with Crippen LogP contribution in [0.2, 0.25) is 0 Å². The number of hydrogen-bond acceptors (Lipinski definition) is 2. The molecule has 1 heterocycles. The van der Waals surface area contributed by atoms with Gasteiger partial charge in [0.1, 0.15) is 0 Å². The summed E-state index contributed by atoms with van der Waals surface area (Å²) in [4.78, 5) is 4.51. The summed E-state index contributed by atoms with van der Waals surface area (Å²) in [6.07, 6.45) is 5.91. The Kier molecular flexibility index (Phi) is 5.36. The molecular weight excluding hydrogens is 198 g/mol. The molecule has 0 radical (unpaired) electrons. The SMILES string of the molecule is CCCCCNc1nc(C)cn1CC(C)C. The average molecular weight is 223 g/mol. The topological polar surface area (TPSA) is 29.9 Å². The van der Waals surface area contributed by atoms with Crippen molar-refractivity contribution in [3.63, 3.8) is 0 Å². The van der Waals surface area contributed by atoms with Gasteiger partial charge in [-0.1, -0.05) is 33.6 Å². The molecule has 1 N–H and O–H groups in total. The molecule has 0 saturated carbocycles. The molecule has 0 aliphatic rings. The third kappa shape index (κ3) is 4.25. The molecule has 0 saturated heterocycles. The number of rotatable bonds is 7. The Balaban J connectivity index is 2.50. The van der Waals surface area contributed by atoms with E-state index < -0.39 is 0 Å². The van der Waals surface area contributed by atoms with E-state index in [0.717, 1.165) is 24.7 Å². The number of aromatic nitrogens is 2. The molecule has 0 aliphatic carbocycles. The van der Waals surface area contributed by atoms with Crippen molar-refractivity contribution < 1.29 is 0 Å². The number of imidazole rings is 1. The quantitative estimate of drug-likeness (QED) is 0.717. The van der Waals surface area contributed by atoms with Crippen LogP contribution in [0.15, 0.2) is 6.20 Å². The predicted octanol–water partition coefficient (Wildman–Crippen LogP) is 3.45. The first kappa shape index (κ1) is 13.1. The smallest absolute Gasteiger partial charge is 0.203 e. The Morgan fingerprint density at radius 1 is 1.38 bits per heavy atom. The van der Waals surface area contributed by atoms with Crippen molar-refractivity contribution in [3.05, 3.63) is 11.9 Å². The van der Waals surface area contributed by atoms with E-state index in [4.69, 9.17) is 0 Å². The van der Waals surface area contributed by atoms with Gasteiger partial charge in [-0.05, 0) is 19.3 Å². The normalized spacial score (nSPS) is 11.1. The van der Waals surface area contributed by atoms with Gasteiger partial charge in [0.05, 0.1) is 5.69 Å². The summed E-state index contributed by atoms with van der Waals surface area (Å²) in [7, 11) is 0. The standard InChI is InChI=1S/C13H25N3/c1-5-6-7-8-14-13-15-12(4)10-16(13)9-11(2)3/h10-11H,5-9H2,1-4H3,(H,14,15). The maximum Gasteiger partial charge on any atom is 0.203 e. The summed E-state index contributed by atoms with van der Waals surface area (Å²) in [6, 6.07) is 0. The summed E-state index contributed by atoms with van der Waals surface area (Å²) in [5.74, 6) is 1.69. The van der Waals surface area contributed by atoms with Crippen molar-refractivity contribution in [1.82, 2.24) is 9.55 Å². The van der Waals surface area contributed by atoms with Crippen molar-refractivity contribution >= 4 is 5.95 Å². The molecule has 0 atom stereocenters. The molecule has 0 spiro atoms. The molecule has 0 aromatic carbocycles. The number of hydrogen-bond donors (Lipinski definition) is 1. The van der Waals surface area contributed by atoms with E-state index in [-0.39, 0.29) is 0 Å². The molecule has 0 aliphatic heterocycles. The maximum atomic E-state index is 4.51. The van der Waals surface area contributed by atoms with Crippen LogP contribution in [0.1, 0.15) is 45.7 Å². The summed E-state index contributed by atoms with van der Waals surface area (Å²) in [6.45, 7) is 10.8. The van der Waals surface area contributed by atoms with Crippen LogP contribution >= 0.6 is 0 Å². The lowest BCUT2D eigenvalue weighted by atomic mass is 10.2. The molecule has 3 nitrogen and oxygen atoms in total. The second-order valence-electron chi connectivity index (χ2n) is 4.89. The number of unbranched alkanes of at least 4 members (excludes halogenated alkanes) is 2. The van der Waals surface area contributed by atoms with Gasteiger partial charge in [0.25, 0.3) is 0 Å². The van der Waals surface area contributed by atoms with Crippen LogP contribution in [0.5, 0.6) is 0 Å². The Morgan fingerprint density at radius 2 is 2.12 bits per heavy atom. The lowest BCUT2D eigenvalue weighted by Crippen LogP contribution is -2.11. The largest absolute Gasteiger partial charge is 0.356 e. The fourth-order valence-electron chi connectivity index (χ4n) is 1.80. The van der Waals surface area contributed by atoms with Crippen molar-refractivity contribution in [1.29, 1.82) is 0 Å². The molecule has 92 valence electrons. The summed E-state index contributed by atoms with van der Waals surface area (Å²) in [5, 5.41) is 3.43. The molecule has 3 heteroatoms. The first-order valence-corrected chi connectivity index (χ1v) is 6.41. The highest BCUT2D eigenvalue weighted by molar-refractivity contribution is 5.28. The molecular formula is C13H25N3. The average Bonchev–Trinajstić information content (AvgIpc) is 2.53. The van der Waals surface area contributed by atoms with Gasteiger partial charge in [0.2, 0.25) is 5.95 Å². The molecule has 1 aromatic rings. The zero-order chi connectivity index (χ0) is 12.0. The summed E-state index contributed by atoms with van der Waals surface area (Å²) >= 11 is 0. The number of aryl methyl sites for hydroxylation is 1. The molecule has 0 unspecified atom stereocenters. The van der Waals surface area contributed by atoms with Gasteiger partial charge in [0, 0.05) is 19.3 Å². The van der Waals surface area contributed by atoms with Crippen LogP contribution in [-0.2, 0) is 6.54 Å². The van der Waals surface area contributed by atoms with Gasteiger partial charge in [0.15, 0.2) is 0 Å². The third-order valence-corrected chi connectivity index (χ3v) is 2.52. The second-order valence-corrected chi connectivity index (χ2v) is 4.89. The summed E-state index contributed by atoms with van der Waals surface area (Å²) < 4.78 is 2.23. The number of nitrogens with one attached hydrogen (secondary N) is 1. The van der Waals surface area contributed by atoms with Crippen LogP contribution < -0.4 is 5.32 Å². The van der Waals surface area contributed by atoms with Crippen LogP contribution in [0.3, 0.4) is 0 Å². The third-order valence-electron chi connectivity index (χ3n) is 2.52. The predicted molar refractivity (Wildman–Crippen MR) is 69.8 cm³/mol. The van der Waals surface area contributed by atoms with Gasteiger partial charge in [-0.25, -0.2) is 4.98 Å². The van der Waals surface area contributed by atoms with E-state index >= 15 is 0 Å². The van der Waals surface area contributed by atoms with E-state index in [0.29, 0.717) is 5.92 Å². The van der Waals surface area contributed by atoms with E-state index in [1.165, 1.54) is 19.3 Å². The zero-order valence-corrected chi connectivity index (χ0v) is 11.1. The highest BCUT2D eigenvalue weighted by Gasteiger charge is 2.05. The lowest BCUT2D eigenvalue weighted by Gasteiger charge is -2.11. The van der Waals surface area contributed by atoms with Crippen LogP contribution in [0, 0.1) is 12.8 Å². The van der Waals surface area contributed by atoms with E-state index in [9.17, 15) is 0 Å². The molecule has 16 heavy (non-hydrogen) atoms. The minimum absolute atomic E-state index is 0.657. The summed E-state index contributed by atoms with van der Waals surface area (Å²) in [5.41, 5.74) is 1.10. The number of anilines is 1. The highest BCUT2D eigenvalue weighted by Crippen LogP contribution is 2.11. The van der Waals surface area contributed by atoms with Gasteiger partial charge in [-0.15, -0.1) is 0 Å². The molecule has 1 aromatic heterocycles. The van der Waals surface area contributed by atoms with Gasteiger partial charge >= 0.3 is 0 Å². The van der Waals surface area contributed by atoms with E-state index in [2.05, 4.69) is 41.8 Å². The molecule has 0 fully saturated rings. The Bertz CT molecular complexity index is 302.